The van der Waals surface area contributed by atoms with Crippen molar-refractivity contribution in [3.8, 4) is 12.3 Å². The van der Waals surface area contributed by atoms with Gasteiger partial charge in [-0.25, -0.2) is 9.18 Å². The predicted octanol–water partition coefficient (Wildman–Crippen LogP) is 1.63. The molecule has 1 N–H and O–H groups in total. The van der Waals surface area contributed by atoms with Gasteiger partial charge in [0.05, 0.1) is 16.8 Å². The molecule has 1 aromatic heterocycles. The summed E-state index contributed by atoms with van der Waals surface area (Å²) in [4.78, 5) is 32.3. The van der Waals surface area contributed by atoms with E-state index in [1.807, 2.05) is 4.90 Å². The van der Waals surface area contributed by atoms with Crippen molar-refractivity contribution in [1.29, 1.82) is 0 Å². The van der Waals surface area contributed by atoms with Gasteiger partial charge in [0.15, 0.2) is 6.04 Å². The summed E-state index contributed by atoms with van der Waals surface area (Å²) in [6.45, 7) is 1.84. The number of aromatic nitrogens is 3. The molecule has 3 heterocycles. The summed E-state index contributed by atoms with van der Waals surface area (Å²) in [5, 5.41) is 2.70. The molecule has 5 rings (SSSR count). The minimum absolute atomic E-state index is 0.187. The number of benzene rings is 2. The number of hydrogen-bond donors (Lipinski definition) is 1. The fraction of sp³-hybridized carbons (Fsp3) is 0.238. The lowest BCUT2D eigenvalue weighted by molar-refractivity contribution is -0.548. The van der Waals surface area contributed by atoms with Crippen LogP contribution in [-0.4, -0.2) is 34.0 Å². The van der Waals surface area contributed by atoms with Gasteiger partial charge in [0.1, 0.15) is 17.8 Å². The molecule has 0 bridgehead atoms. The van der Waals surface area contributed by atoms with Gasteiger partial charge in [0.2, 0.25) is 5.52 Å². The lowest BCUT2D eigenvalue weighted by Gasteiger charge is -2.21. The van der Waals surface area contributed by atoms with Crippen LogP contribution in [0.25, 0.3) is 10.9 Å². The molecule has 0 unspecified atom stereocenters. The molecule has 3 aromatic rings. The molecule has 2 aliphatic heterocycles. The summed E-state index contributed by atoms with van der Waals surface area (Å²) in [5.74, 6) is 2.12. The number of hydrogen-bond acceptors (Lipinski definition) is 5. The van der Waals surface area contributed by atoms with E-state index < -0.39 is 17.4 Å². The maximum absolute atomic E-state index is 13.5. The van der Waals surface area contributed by atoms with Crippen molar-refractivity contribution in [3.63, 3.8) is 0 Å². The maximum Gasteiger partial charge on any atom is 0.364 e. The Bertz CT molecular complexity index is 1370. The summed E-state index contributed by atoms with van der Waals surface area (Å²) in [6.07, 6.45) is 5.83. The van der Waals surface area contributed by atoms with E-state index in [9.17, 15) is 14.1 Å². The van der Waals surface area contributed by atoms with Crippen LogP contribution < -0.4 is 10.1 Å². The Morgan fingerprint density at radius 1 is 1.37 bits per heavy atom. The molecule has 0 spiro atoms. The van der Waals surface area contributed by atoms with E-state index in [1.165, 1.54) is 12.1 Å². The van der Waals surface area contributed by atoms with Crippen molar-refractivity contribution in [1.82, 2.24) is 14.8 Å². The molecule has 0 amide bonds. The van der Waals surface area contributed by atoms with Gasteiger partial charge < -0.3 is 9.64 Å². The van der Waals surface area contributed by atoms with Crippen LogP contribution in [0, 0.1) is 23.1 Å². The summed E-state index contributed by atoms with van der Waals surface area (Å²) < 4.78 is 20.6. The molecular formula is C21H17FN5O3+. The van der Waals surface area contributed by atoms with Crippen LogP contribution in [0.4, 0.5) is 10.1 Å². The molecule has 0 radical (unpaired) electrons. The molecule has 0 aliphatic carbocycles. The first-order chi connectivity index (χ1) is 14.5. The first-order valence-electron chi connectivity index (χ1n) is 9.44. The highest BCUT2D eigenvalue weighted by molar-refractivity contribution is 5.86. The fourth-order valence-electron chi connectivity index (χ4n) is 3.83. The van der Waals surface area contributed by atoms with Crippen molar-refractivity contribution >= 4 is 22.6 Å². The van der Waals surface area contributed by atoms with Crippen LogP contribution in [-0.2, 0) is 17.7 Å². The van der Waals surface area contributed by atoms with Gasteiger partial charge >= 0.3 is 5.56 Å². The van der Waals surface area contributed by atoms with Crippen LogP contribution in [0.15, 0.2) is 46.2 Å². The average Bonchev–Trinajstić information content (AvgIpc) is 3.19. The lowest BCUT2D eigenvalue weighted by atomic mass is 10.1. The Morgan fingerprint density at radius 2 is 2.23 bits per heavy atom. The highest BCUT2D eigenvalue weighted by Gasteiger charge is 2.29. The highest BCUT2D eigenvalue weighted by Crippen LogP contribution is 2.30. The smallest absolute Gasteiger partial charge is 0.364 e. The standard InChI is InChI=1S/C21H17FN5O3/c1-2-16(9-13-4-3-5-15(22)8-13)26-20(28)17-11-18-14(10-19(17)27(29)24-26)12-25-6-7-30-21(25)23-18/h1,3-5,8,10-11,16H,6-7,9,12H2,(H,24,29)/q+1/t16-/m1/s1. The molecular weight excluding hydrogens is 389 g/mol. The molecule has 8 nitrogen and oxygen atoms in total. The minimum atomic E-state index is -0.792. The number of rotatable bonds is 3. The summed E-state index contributed by atoms with van der Waals surface area (Å²) in [5.41, 5.74) is 1.80. The molecule has 1 saturated heterocycles. The van der Waals surface area contributed by atoms with Crippen molar-refractivity contribution in [2.75, 3.05) is 13.2 Å². The summed E-state index contributed by atoms with van der Waals surface area (Å²) >= 11 is 0. The van der Waals surface area contributed by atoms with E-state index in [2.05, 4.69) is 16.1 Å². The second-order valence-corrected chi connectivity index (χ2v) is 7.25. The average molecular weight is 406 g/mol. The largest absolute Gasteiger partial charge is 0.463 e. The zero-order valence-electron chi connectivity index (χ0n) is 15.8. The van der Waals surface area contributed by atoms with Gasteiger partial charge in [-0.1, -0.05) is 23.3 Å². The molecule has 2 aromatic carbocycles. The van der Waals surface area contributed by atoms with Gasteiger partial charge in [-0.05, 0) is 34.7 Å². The van der Waals surface area contributed by atoms with Crippen LogP contribution in [0.3, 0.4) is 0 Å². The molecule has 1 atom stereocenters. The van der Waals surface area contributed by atoms with Crippen molar-refractivity contribution < 1.29 is 13.7 Å². The van der Waals surface area contributed by atoms with Gasteiger partial charge in [0.25, 0.3) is 6.02 Å². The number of fused-ring (bicyclic) bond motifs is 3. The van der Waals surface area contributed by atoms with Crippen molar-refractivity contribution in [2.24, 2.45) is 4.99 Å². The quantitative estimate of drug-likeness (QED) is 0.529. The predicted molar refractivity (Wildman–Crippen MR) is 107 cm³/mol. The van der Waals surface area contributed by atoms with Crippen molar-refractivity contribution in [3.05, 3.63) is 68.6 Å². The highest BCUT2D eigenvalue weighted by atomic mass is 19.1. The molecule has 150 valence electrons. The SMILES string of the molecule is C#C[C@H](Cc1cccc(F)c1)n1[nH][n+](=O)c2cc3c(cc2c1=O)N=C1OCCN1C3. The summed E-state index contributed by atoms with van der Waals surface area (Å²) in [7, 11) is 0. The second kappa shape index (κ2) is 6.84. The Morgan fingerprint density at radius 3 is 3.03 bits per heavy atom. The number of aromatic amines is 1. The Hall–Kier alpha value is -3.93. The third-order valence-electron chi connectivity index (χ3n) is 5.33. The molecule has 0 saturated carbocycles. The number of H-pyrrole nitrogens is 1. The van der Waals surface area contributed by atoms with Gasteiger partial charge in [-0.3, -0.25) is 0 Å². The number of ether oxygens (including phenoxy) is 1. The lowest BCUT2D eigenvalue weighted by Crippen LogP contribution is -2.38. The number of terminal acetylenes is 1. The number of nitrogens with zero attached hydrogens (tertiary/aromatic N) is 4. The zero-order chi connectivity index (χ0) is 20.8. The Labute approximate surface area is 169 Å². The normalized spacial score (nSPS) is 15.7. The van der Waals surface area contributed by atoms with Crippen LogP contribution >= 0.6 is 0 Å². The number of nitrogens with one attached hydrogen (secondary N) is 1. The molecule has 1 fully saturated rings. The zero-order valence-corrected chi connectivity index (χ0v) is 15.8. The number of halogens is 1. The first kappa shape index (κ1) is 18.1. The topological polar surface area (TPSA) is 85.6 Å². The number of aliphatic imine (C=N–C) groups is 1. The maximum atomic E-state index is 13.5. The first-order valence-corrected chi connectivity index (χ1v) is 9.44. The monoisotopic (exact) mass is 406 g/mol. The summed E-state index contributed by atoms with van der Waals surface area (Å²) in [6, 6.07) is 8.94. The van der Waals surface area contributed by atoms with E-state index in [-0.39, 0.29) is 17.3 Å². The molecule has 2 aliphatic rings. The Balaban J connectivity index is 1.62. The van der Waals surface area contributed by atoms with Crippen LogP contribution in [0.2, 0.25) is 0 Å². The molecule has 9 heteroatoms. The van der Waals surface area contributed by atoms with Crippen molar-refractivity contribution in [2.45, 2.75) is 19.0 Å². The van der Waals surface area contributed by atoms with Crippen LogP contribution in [0.5, 0.6) is 0 Å². The third-order valence-corrected chi connectivity index (χ3v) is 5.33. The van der Waals surface area contributed by atoms with E-state index in [0.29, 0.717) is 35.0 Å². The Kier molecular flexibility index (Phi) is 4.13. The van der Waals surface area contributed by atoms with E-state index >= 15 is 0 Å². The minimum Gasteiger partial charge on any atom is -0.463 e. The van der Waals surface area contributed by atoms with E-state index in [1.54, 1.807) is 24.3 Å². The fourth-order valence-corrected chi connectivity index (χ4v) is 3.83. The third kappa shape index (κ3) is 2.93. The van der Waals surface area contributed by atoms with Crippen LogP contribution in [0.1, 0.15) is 17.2 Å². The molecule has 30 heavy (non-hydrogen) atoms. The van der Waals surface area contributed by atoms with Gasteiger partial charge in [-0.15, -0.1) is 11.1 Å². The van der Waals surface area contributed by atoms with E-state index in [0.717, 1.165) is 16.8 Å². The second-order valence-electron chi connectivity index (χ2n) is 7.25. The number of amidine groups is 1. The van der Waals surface area contributed by atoms with Gasteiger partial charge in [-0.2, -0.15) is 4.99 Å². The van der Waals surface area contributed by atoms with E-state index in [4.69, 9.17) is 11.2 Å². The van der Waals surface area contributed by atoms with Gasteiger partial charge in [0, 0.05) is 18.5 Å².